The second kappa shape index (κ2) is 5.33. The molecule has 1 rings (SSSR count). The molecule has 1 aliphatic rings. The minimum absolute atomic E-state index is 0.0156. The number of nitrogens with two attached hydrogens (primary N) is 1. The Balaban J connectivity index is 2.14. The second-order valence-corrected chi connectivity index (χ2v) is 4.96. The molecule has 1 saturated heterocycles. The number of carbonyl (C=O) groups is 2. The van der Waals surface area contributed by atoms with Gasteiger partial charge in [-0.15, -0.1) is 0 Å². The fraction of sp³-hybridized carbons (Fsp3) is 0.800. The van der Waals surface area contributed by atoms with E-state index in [0.717, 1.165) is 0 Å². The number of ether oxygens (including phenoxy) is 1. The average molecular weight is 245 g/mol. The molecule has 0 aromatic carbocycles. The van der Waals surface area contributed by atoms with E-state index in [0.29, 0.717) is 13.1 Å². The van der Waals surface area contributed by atoms with Crippen molar-refractivity contribution in [1.82, 2.24) is 10.4 Å². The van der Waals surface area contributed by atoms with Crippen LogP contribution in [0.1, 0.15) is 20.8 Å². The molecule has 1 fully saturated rings. The molecule has 3 N–H and O–H groups in total. The fourth-order valence-electron chi connectivity index (χ4n) is 1.26. The summed E-state index contributed by atoms with van der Waals surface area (Å²) in [7, 11) is 0. The molecule has 1 aliphatic heterocycles. The summed E-state index contributed by atoms with van der Waals surface area (Å²) in [6.07, 6.45) is -0.342. The lowest BCUT2D eigenvalue weighted by Gasteiger charge is -2.39. The number of carbonyl (C=O) groups excluding carboxylic acids is 2. The van der Waals surface area contributed by atoms with E-state index in [9.17, 15) is 9.59 Å². The van der Waals surface area contributed by atoms with Gasteiger partial charge in [-0.3, -0.25) is 9.63 Å². The van der Waals surface area contributed by atoms with Crippen LogP contribution in [0.15, 0.2) is 0 Å². The minimum atomic E-state index is -0.541. The molecule has 7 heteroatoms. The van der Waals surface area contributed by atoms with Gasteiger partial charge in [0, 0.05) is 13.1 Å². The second-order valence-electron chi connectivity index (χ2n) is 4.96. The Morgan fingerprint density at radius 1 is 1.41 bits per heavy atom. The third-order valence-electron chi connectivity index (χ3n) is 2.00. The molecule has 0 aliphatic carbocycles. The van der Waals surface area contributed by atoms with Gasteiger partial charge in [-0.25, -0.2) is 4.79 Å². The number of likely N-dealkylation sites (tertiary alicyclic amines) is 1. The first-order valence-electron chi connectivity index (χ1n) is 5.41. The van der Waals surface area contributed by atoms with E-state index in [-0.39, 0.29) is 18.7 Å². The Morgan fingerprint density at radius 2 is 2.00 bits per heavy atom. The SMILES string of the molecule is CC(C)(C)OC(=O)N1CC(NOCC(N)=O)C1. The largest absolute Gasteiger partial charge is 0.444 e. The molecule has 0 radical (unpaired) electrons. The lowest BCUT2D eigenvalue weighted by Crippen LogP contribution is -2.60. The summed E-state index contributed by atoms with van der Waals surface area (Å²) in [5, 5.41) is 0. The van der Waals surface area contributed by atoms with Crippen LogP contribution in [0, 0.1) is 0 Å². The van der Waals surface area contributed by atoms with Crippen LogP contribution < -0.4 is 11.2 Å². The fourth-order valence-corrected chi connectivity index (χ4v) is 1.26. The van der Waals surface area contributed by atoms with Gasteiger partial charge in [0.15, 0.2) is 0 Å². The third-order valence-corrected chi connectivity index (χ3v) is 2.00. The molecule has 0 spiro atoms. The van der Waals surface area contributed by atoms with E-state index in [2.05, 4.69) is 5.48 Å². The van der Waals surface area contributed by atoms with Crippen LogP contribution in [0.2, 0.25) is 0 Å². The Morgan fingerprint density at radius 3 is 2.47 bits per heavy atom. The molecule has 0 unspecified atom stereocenters. The lowest BCUT2D eigenvalue weighted by molar-refractivity contribution is -0.127. The topological polar surface area (TPSA) is 93.9 Å². The van der Waals surface area contributed by atoms with Crippen molar-refractivity contribution < 1.29 is 19.2 Å². The highest BCUT2D eigenvalue weighted by atomic mass is 16.6. The zero-order chi connectivity index (χ0) is 13.1. The molecular weight excluding hydrogens is 226 g/mol. The van der Waals surface area contributed by atoms with Crippen molar-refractivity contribution in [3.05, 3.63) is 0 Å². The van der Waals surface area contributed by atoms with Gasteiger partial charge in [-0.2, -0.15) is 5.48 Å². The normalized spacial score (nSPS) is 16.5. The van der Waals surface area contributed by atoms with Gasteiger partial charge in [0.05, 0.1) is 6.04 Å². The standard InChI is InChI=1S/C10H19N3O4/c1-10(2,3)17-9(15)13-4-7(5-13)12-16-6-8(11)14/h7,12H,4-6H2,1-3H3,(H2,11,14). The predicted molar refractivity (Wildman–Crippen MR) is 59.9 cm³/mol. The monoisotopic (exact) mass is 245 g/mol. The van der Waals surface area contributed by atoms with Crippen molar-refractivity contribution in [1.29, 1.82) is 0 Å². The van der Waals surface area contributed by atoms with Crippen molar-refractivity contribution in [2.75, 3.05) is 19.7 Å². The molecule has 0 bridgehead atoms. The van der Waals surface area contributed by atoms with Crippen molar-refractivity contribution in [3.63, 3.8) is 0 Å². The van der Waals surface area contributed by atoms with Crippen LogP contribution in [0.5, 0.6) is 0 Å². The van der Waals surface area contributed by atoms with Gasteiger partial charge < -0.3 is 15.4 Å². The number of primary amides is 1. The first-order chi connectivity index (χ1) is 7.78. The number of hydrogen-bond donors (Lipinski definition) is 2. The number of hydrogen-bond acceptors (Lipinski definition) is 5. The van der Waals surface area contributed by atoms with Crippen molar-refractivity contribution in [2.45, 2.75) is 32.4 Å². The summed E-state index contributed by atoms with van der Waals surface area (Å²) in [4.78, 5) is 28.3. The molecule has 7 nitrogen and oxygen atoms in total. The van der Waals surface area contributed by atoms with Gasteiger partial charge in [-0.1, -0.05) is 0 Å². The molecule has 0 saturated carbocycles. The van der Waals surface area contributed by atoms with Gasteiger partial charge in [0.1, 0.15) is 12.2 Å². The highest BCUT2D eigenvalue weighted by Gasteiger charge is 2.33. The minimum Gasteiger partial charge on any atom is -0.444 e. The molecule has 2 amide bonds. The first kappa shape index (κ1) is 13.7. The smallest absolute Gasteiger partial charge is 0.410 e. The predicted octanol–water partition coefficient (Wildman–Crippen LogP) is -0.388. The summed E-state index contributed by atoms with van der Waals surface area (Å²) in [5.74, 6) is -0.541. The highest BCUT2D eigenvalue weighted by Crippen LogP contribution is 2.14. The van der Waals surface area contributed by atoms with Crippen molar-refractivity contribution >= 4 is 12.0 Å². The van der Waals surface area contributed by atoms with Crippen LogP contribution in [0.4, 0.5) is 4.79 Å². The van der Waals surface area contributed by atoms with Crippen molar-refractivity contribution in [3.8, 4) is 0 Å². The van der Waals surface area contributed by atoms with Gasteiger partial charge >= 0.3 is 6.09 Å². The van der Waals surface area contributed by atoms with Crippen LogP contribution in [-0.4, -0.2) is 48.2 Å². The molecular formula is C10H19N3O4. The maximum Gasteiger partial charge on any atom is 0.410 e. The summed E-state index contributed by atoms with van der Waals surface area (Å²) in [6, 6.07) is 0.0156. The maximum absolute atomic E-state index is 11.5. The van der Waals surface area contributed by atoms with Crippen molar-refractivity contribution in [2.24, 2.45) is 5.73 Å². The van der Waals surface area contributed by atoms with E-state index in [1.807, 2.05) is 20.8 Å². The van der Waals surface area contributed by atoms with E-state index in [4.69, 9.17) is 15.3 Å². The highest BCUT2D eigenvalue weighted by molar-refractivity contribution is 5.74. The Hall–Kier alpha value is -1.34. The van der Waals surface area contributed by atoms with Gasteiger partial charge in [-0.05, 0) is 20.8 Å². The van der Waals surface area contributed by atoms with Crippen LogP contribution in [0.25, 0.3) is 0 Å². The Bertz CT molecular complexity index is 294. The lowest BCUT2D eigenvalue weighted by atomic mass is 10.1. The van der Waals surface area contributed by atoms with E-state index < -0.39 is 11.5 Å². The average Bonchev–Trinajstić information content (AvgIpc) is 2.04. The summed E-state index contributed by atoms with van der Waals surface area (Å²) in [5.41, 5.74) is 7.05. The summed E-state index contributed by atoms with van der Waals surface area (Å²) >= 11 is 0. The molecule has 98 valence electrons. The molecule has 0 aromatic rings. The molecule has 17 heavy (non-hydrogen) atoms. The summed E-state index contributed by atoms with van der Waals surface area (Å²) < 4.78 is 5.18. The Kier molecular flexibility index (Phi) is 4.30. The number of nitrogens with one attached hydrogen (secondary N) is 1. The van der Waals surface area contributed by atoms with Crippen LogP contribution in [0.3, 0.4) is 0 Å². The van der Waals surface area contributed by atoms with Gasteiger partial charge in [0.2, 0.25) is 5.91 Å². The quantitative estimate of drug-likeness (QED) is 0.658. The zero-order valence-electron chi connectivity index (χ0n) is 10.4. The van der Waals surface area contributed by atoms with Crippen LogP contribution >= 0.6 is 0 Å². The van der Waals surface area contributed by atoms with Gasteiger partial charge in [0.25, 0.3) is 0 Å². The zero-order valence-corrected chi connectivity index (χ0v) is 10.4. The first-order valence-corrected chi connectivity index (χ1v) is 5.41. The number of hydroxylamine groups is 1. The van der Waals surface area contributed by atoms with Crippen LogP contribution in [-0.2, 0) is 14.4 Å². The van der Waals surface area contributed by atoms with E-state index in [1.54, 1.807) is 4.90 Å². The number of amides is 2. The molecule has 0 atom stereocenters. The van der Waals surface area contributed by atoms with E-state index >= 15 is 0 Å². The molecule has 0 aromatic heterocycles. The number of nitrogens with zero attached hydrogens (tertiary/aromatic N) is 1. The number of rotatable bonds is 4. The summed E-state index contributed by atoms with van der Waals surface area (Å²) in [6.45, 7) is 6.26. The maximum atomic E-state index is 11.5. The third kappa shape index (κ3) is 5.01. The Labute approximate surface area is 100 Å². The van der Waals surface area contributed by atoms with E-state index in [1.165, 1.54) is 0 Å². The molecule has 1 heterocycles.